The van der Waals surface area contributed by atoms with E-state index in [1.54, 1.807) is 19.9 Å². The Labute approximate surface area is 112 Å². The van der Waals surface area contributed by atoms with Crippen molar-refractivity contribution >= 4 is 17.6 Å². The summed E-state index contributed by atoms with van der Waals surface area (Å²) in [5, 5.41) is 11.6. The lowest BCUT2D eigenvalue weighted by Gasteiger charge is -2.25. The van der Waals surface area contributed by atoms with E-state index in [9.17, 15) is 9.59 Å². The van der Waals surface area contributed by atoms with Crippen molar-refractivity contribution in [3.05, 3.63) is 29.3 Å². The van der Waals surface area contributed by atoms with Crippen molar-refractivity contribution in [1.29, 1.82) is 0 Å². The SMILES string of the molecule is CCC(C)(OC)C(=O)Nc1ccc(C(=O)O)cc1C. The predicted molar refractivity (Wildman–Crippen MR) is 72.5 cm³/mol. The van der Waals surface area contributed by atoms with Crippen LogP contribution >= 0.6 is 0 Å². The second kappa shape index (κ2) is 5.84. The number of carbonyl (C=O) groups is 2. The van der Waals surface area contributed by atoms with E-state index in [0.29, 0.717) is 17.7 Å². The summed E-state index contributed by atoms with van der Waals surface area (Å²) in [6, 6.07) is 4.57. The largest absolute Gasteiger partial charge is 0.478 e. The number of carboxylic acid groups (broad SMARTS) is 1. The lowest BCUT2D eigenvalue weighted by Crippen LogP contribution is -2.41. The Morgan fingerprint density at radius 2 is 2.05 bits per heavy atom. The van der Waals surface area contributed by atoms with Crippen molar-refractivity contribution in [3.63, 3.8) is 0 Å². The first-order chi connectivity index (χ1) is 8.84. The molecule has 0 aliphatic carbocycles. The van der Waals surface area contributed by atoms with Crippen LogP contribution in [-0.2, 0) is 9.53 Å². The maximum atomic E-state index is 12.1. The van der Waals surface area contributed by atoms with Gasteiger partial charge in [-0.25, -0.2) is 4.79 Å². The van der Waals surface area contributed by atoms with Crippen LogP contribution in [-0.4, -0.2) is 29.7 Å². The number of anilines is 1. The van der Waals surface area contributed by atoms with Crippen molar-refractivity contribution in [3.8, 4) is 0 Å². The third-order valence-corrected chi connectivity index (χ3v) is 3.33. The summed E-state index contributed by atoms with van der Waals surface area (Å²) >= 11 is 0. The molecular formula is C14H19NO4. The molecule has 1 aromatic carbocycles. The number of aromatic carboxylic acids is 1. The highest BCUT2D eigenvalue weighted by Crippen LogP contribution is 2.21. The predicted octanol–water partition coefficient (Wildman–Crippen LogP) is 2.45. The van der Waals surface area contributed by atoms with E-state index < -0.39 is 11.6 Å². The smallest absolute Gasteiger partial charge is 0.335 e. The summed E-state index contributed by atoms with van der Waals surface area (Å²) in [5.41, 5.74) is 0.591. The highest BCUT2D eigenvalue weighted by Gasteiger charge is 2.31. The molecule has 104 valence electrons. The van der Waals surface area contributed by atoms with Gasteiger partial charge in [0.15, 0.2) is 0 Å². The summed E-state index contributed by atoms with van der Waals surface area (Å²) in [4.78, 5) is 22.9. The number of hydrogen-bond acceptors (Lipinski definition) is 3. The average molecular weight is 265 g/mol. The molecule has 5 heteroatoms. The minimum Gasteiger partial charge on any atom is -0.478 e. The molecule has 0 fully saturated rings. The topological polar surface area (TPSA) is 75.6 Å². The normalized spacial score (nSPS) is 13.7. The van der Waals surface area contributed by atoms with Crippen molar-refractivity contribution in [2.24, 2.45) is 0 Å². The summed E-state index contributed by atoms with van der Waals surface area (Å²) in [5.74, 6) is -1.24. The zero-order chi connectivity index (χ0) is 14.6. The van der Waals surface area contributed by atoms with E-state index >= 15 is 0 Å². The number of hydrogen-bond donors (Lipinski definition) is 2. The van der Waals surface area contributed by atoms with Gasteiger partial charge in [-0.05, 0) is 44.0 Å². The number of methoxy groups -OCH3 is 1. The van der Waals surface area contributed by atoms with Crippen LogP contribution in [0, 0.1) is 6.92 Å². The molecule has 5 nitrogen and oxygen atoms in total. The maximum Gasteiger partial charge on any atom is 0.335 e. The Morgan fingerprint density at radius 3 is 2.47 bits per heavy atom. The van der Waals surface area contributed by atoms with Gasteiger partial charge in [0.2, 0.25) is 0 Å². The molecule has 1 atom stereocenters. The molecule has 0 bridgehead atoms. The molecule has 0 aliphatic heterocycles. The van der Waals surface area contributed by atoms with Gasteiger partial charge in [-0.2, -0.15) is 0 Å². The molecule has 0 saturated heterocycles. The third kappa shape index (κ3) is 3.32. The Bertz CT molecular complexity index is 492. The van der Waals surface area contributed by atoms with E-state index in [1.165, 1.54) is 19.2 Å². The van der Waals surface area contributed by atoms with Crippen molar-refractivity contribution in [1.82, 2.24) is 0 Å². The van der Waals surface area contributed by atoms with Gasteiger partial charge in [0, 0.05) is 12.8 Å². The van der Waals surface area contributed by atoms with Crippen LogP contribution < -0.4 is 5.32 Å². The van der Waals surface area contributed by atoms with Gasteiger partial charge in [-0.1, -0.05) is 6.92 Å². The van der Waals surface area contributed by atoms with Gasteiger partial charge in [0.1, 0.15) is 5.60 Å². The third-order valence-electron chi connectivity index (χ3n) is 3.33. The Balaban J connectivity index is 2.95. The van der Waals surface area contributed by atoms with Gasteiger partial charge >= 0.3 is 5.97 Å². The maximum absolute atomic E-state index is 12.1. The monoisotopic (exact) mass is 265 g/mol. The molecule has 1 unspecified atom stereocenters. The zero-order valence-electron chi connectivity index (χ0n) is 11.6. The zero-order valence-corrected chi connectivity index (χ0v) is 11.6. The van der Waals surface area contributed by atoms with Crippen molar-refractivity contribution in [2.75, 3.05) is 12.4 Å². The van der Waals surface area contributed by atoms with Crippen LogP contribution in [0.15, 0.2) is 18.2 Å². The van der Waals surface area contributed by atoms with E-state index in [2.05, 4.69) is 5.32 Å². The van der Waals surface area contributed by atoms with Crippen molar-refractivity contribution in [2.45, 2.75) is 32.8 Å². The summed E-state index contributed by atoms with van der Waals surface area (Å²) in [7, 11) is 1.49. The van der Waals surface area contributed by atoms with Gasteiger partial charge in [0.25, 0.3) is 5.91 Å². The number of carbonyl (C=O) groups excluding carboxylic acids is 1. The second-order valence-corrected chi connectivity index (χ2v) is 4.58. The standard InChI is InChI=1S/C14H19NO4/c1-5-14(3,19-4)13(18)15-11-7-6-10(12(16)17)8-9(11)2/h6-8H,5H2,1-4H3,(H,15,18)(H,16,17). The van der Waals surface area contributed by atoms with Crippen LogP contribution in [0.3, 0.4) is 0 Å². The highest BCUT2D eigenvalue weighted by molar-refractivity contribution is 5.98. The molecule has 0 aliphatic rings. The first kappa shape index (κ1) is 15.2. The Kier molecular flexibility index (Phi) is 4.67. The number of aryl methyl sites for hydroxylation is 1. The van der Waals surface area contributed by atoms with Crippen LogP contribution in [0.25, 0.3) is 0 Å². The number of benzene rings is 1. The van der Waals surface area contributed by atoms with Crippen molar-refractivity contribution < 1.29 is 19.4 Å². The molecule has 0 saturated carbocycles. The molecule has 19 heavy (non-hydrogen) atoms. The Hall–Kier alpha value is -1.88. The molecule has 0 radical (unpaired) electrons. The number of nitrogens with one attached hydrogen (secondary N) is 1. The van der Waals surface area contributed by atoms with Gasteiger partial charge < -0.3 is 15.2 Å². The highest BCUT2D eigenvalue weighted by atomic mass is 16.5. The van der Waals surface area contributed by atoms with Gasteiger partial charge in [-0.3, -0.25) is 4.79 Å². The molecule has 0 aromatic heterocycles. The summed E-state index contributed by atoms with van der Waals surface area (Å²) < 4.78 is 5.22. The summed E-state index contributed by atoms with van der Waals surface area (Å²) in [6.45, 7) is 5.32. The summed E-state index contributed by atoms with van der Waals surface area (Å²) in [6.07, 6.45) is 0.543. The minimum absolute atomic E-state index is 0.195. The van der Waals surface area contributed by atoms with E-state index in [4.69, 9.17) is 9.84 Å². The lowest BCUT2D eigenvalue weighted by molar-refractivity contribution is -0.136. The van der Waals surface area contributed by atoms with Crippen LogP contribution in [0.1, 0.15) is 36.2 Å². The molecule has 1 rings (SSSR count). The average Bonchev–Trinajstić information content (AvgIpc) is 2.39. The second-order valence-electron chi connectivity index (χ2n) is 4.58. The fourth-order valence-electron chi connectivity index (χ4n) is 1.59. The fourth-order valence-corrected chi connectivity index (χ4v) is 1.59. The van der Waals surface area contributed by atoms with E-state index in [1.807, 2.05) is 6.92 Å². The molecule has 0 heterocycles. The molecule has 0 spiro atoms. The first-order valence-corrected chi connectivity index (χ1v) is 6.04. The van der Waals surface area contributed by atoms with Crippen LogP contribution in [0.5, 0.6) is 0 Å². The molecule has 1 amide bonds. The first-order valence-electron chi connectivity index (χ1n) is 6.04. The van der Waals surface area contributed by atoms with Crippen LogP contribution in [0.4, 0.5) is 5.69 Å². The van der Waals surface area contributed by atoms with Crippen LogP contribution in [0.2, 0.25) is 0 Å². The lowest BCUT2D eigenvalue weighted by atomic mass is 10.0. The number of amides is 1. The van der Waals surface area contributed by atoms with Gasteiger partial charge in [0.05, 0.1) is 5.56 Å². The van der Waals surface area contributed by atoms with E-state index in [-0.39, 0.29) is 11.5 Å². The number of rotatable bonds is 5. The molecule has 2 N–H and O–H groups in total. The number of ether oxygens (including phenoxy) is 1. The number of carboxylic acids is 1. The molecular weight excluding hydrogens is 246 g/mol. The fraction of sp³-hybridized carbons (Fsp3) is 0.429. The minimum atomic E-state index is -0.990. The molecule has 1 aromatic rings. The quantitative estimate of drug-likeness (QED) is 0.857. The Morgan fingerprint density at radius 1 is 1.42 bits per heavy atom. The van der Waals surface area contributed by atoms with E-state index in [0.717, 1.165) is 0 Å². The van der Waals surface area contributed by atoms with Gasteiger partial charge in [-0.15, -0.1) is 0 Å².